The number of ether oxygens (including phenoxy) is 3. The number of rotatable bonds is 61. The van der Waals surface area contributed by atoms with Gasteiger partial charge in [0.25, 0.3) is 0 Å². The van der Waals surface area contributed by atoms with E-state index in [0.717, 1.165) is 83.5 Å². The standard InChI is InChI=1S/C69H126O6/c1-4-7-10-13-16-19-22-24-26-28-30-31-32-33-34-35-36-37-38-39-40-42-43-45-47-50-53-56-59-62-68(71)74-65-66(64-73-67(70)61-58-55-52-49-21-18-15-12-9-6-3)75-69(72)63-60-57-54-51-48-46-44-41-29-27-25-23-20-17-14-11-8-5-2/h12,15,22,24,28,30,32-33,66H,4-11,13-14,16-21,23,25-27,29,31,34-65H2,1-3H3/b15-12-,24-22-,30-28-,33-32-. The van der Waals surface area contributed by atoms with Gasteiger partial charge < -0.3 is 14.2 Å². The van der Waals surface area contributed by atoms with Crippen LogP contribution in [0.4, 0.5) is 0 Å². The molecule has 0 saturated carbocycles. The number of hydrogen-bond donors (Lipinski definition) is 0. The summed E-state index contributed by atoms with van der Waals surface area (Å²) in [6.45, 7) is 6.61. The van der Waals surface area contributed by atoms with Crippen LogP contribution in [0.25, 0.3) is 0 Å². The molecule has 0 amide bonds. The van der Waals surface area contributed by atoms with Crippen LogP contribution in [0.3, 0.4) is 0 Å². The van der Waals surface area contributed by atoms with Crippen molar-refractivity contribution in [3.05, 3.63) is 48.6 Å². The largest absolute Gasteiger partial charge is 0.462 e. The van der Waals surface area contributed by atoms with Crippen LogP contribution in [-0.2, 0) is 28.6 Å². The Bertz CT molecular complexity index is 1300. The Hall–Kier alpha value is -2.63. The average molecular weight is 1050 g/mol. The minimum absolute atomic E-state index is 0.0718. The molecule has 0 fully saturated rings. The van der Waals surface area contributed by atoms with Gasteiger partial charge in [-0.2, -0.15) is 0 Å². The Morgan fingerprint density at radius 2 is 0.507 bits per heavy atom. The molecule has 1 unspecified atom stereocenters. The Morgan fingerprint density at radius 3 is 0.813 bits per heavy atom. The Kier molecular flexibility index (Phi) is 61.7. The van der Waals surface area contributed by atoms with Gasteiger partial charge in [-0.25, -0.2) is 0 Å². The van der Waals surface area contributed by atoms with E-state index in [9.17, 15) is 14.4 Å². The van der Waals surface area contributed by atoms with E-state index < -0.39 is 6.10 Å². The molecular formula is C69H126O6. The van der Waals surface area contributed by atoms with E-state index in [1.165, 1.54) is 231 Å². The first-order valence-corrected chi connectivity index (χ1v) is 33.1. The molecule has 438 valence electrons. The predicted molar refractivity (Wildman–Crippen MR) is 325 cm³/mol. The minimum atomic E-state index is -0.773. The first-order valence-electron chi connectivity index (χ1n) is 33.1. The van der Waals surface area contributed by atoms with Gasteiger partial charge in [0.05, 0.1) is 0 Å². The molecule has 0 bridgehead atoms. The SMILES string of the molecule is CCC/C=C\CCCCCCCC(=O)OCC(COC(=O)CCCCCCCCCCCCCCCC/C=C\C/C=C\C/C=C\CCCCCCC)OC(=O)CCCCCCCCCCCCCCCCCCCC. The summed E-state index contributed by atoms with van der Waals surface area (Å²) in [5.74, 6) is -0.862. The van der Waals surface area contributed by atoms with E-state index in [2.05, 4.69) is 69.4 Å². The van der Waals surface area contributed by atoms with Crippen LogP contribution in [0.15, 0.2) is 48.6 Å². The quantitative estimate of drug-likeness (QED) is 0.0261. The van der Waals surface area contributed by atoms with Crippen LogP contribution in [0.5, 0.6) is 0 Å². The molecule has 1 atom stereocenters. The Balaban J connectivity index is 4.14. The van der Waals surface area contributed by atoms with Crippen molar-refractivity contribution in [2.24, 2.45) is 0 Å². The van der Waals surface area contributed by atoms with Gasteiger partial charge in [-0.3, -0.25) is 14.4 Å². The molecule has 0 rings (SSSR count). The molecule has 0 N–H and O–H groups in total. The van der Waals surface area contributed by atoms with Crippen molar-refractivity contribution < 1.29 is 28.6 Å². The molecular weight excluding hydrogens is 925 g/mol. The zero-order valence-electron chi connectivity index (χ0n) is 50.3. The fourth-order valence-electron chi connectivity index (χ4n) is 9.81. The topological polar surface area (TPSA) is 78.9 Å². The molecule has 6 heteroatoms. The van der Waals surface area contributed by atoms with Crippen LogP contribution in [-0.4, -0.2) is 37.2 Å². The van der Waals surface area contributed by atoms with Crippen LogP contribution >= 0.6 is 0 Å². The van der Waals surface area contributed by atoms with Gasteiger partial charge in [-0.1, -0.05) is 307 Å². The molecule has 0 aliphatic heterocycles. The van der Waals surface area contributed by atoms with Gasteiger partial charge in [-0.05, 0) is 77.0 Å². The minimum Gasteiger partial charge on any atom is -0.462 e. The van der Waals surface area contributed by atoms with Gasteiger partial charge in [0.1, 0.15) is 13.2 Å². The summed E-state index contributed by atoms with van der Waals surface area (Å²) in [4.78, 5) is 38.2. The molecule has 6 nitrogen and oxygen atoms in total. The second-order valence-electron chi connectivity index (χ2n) is 22.4. The Morgan fingerprint density at radius 1 is 0.267 bits per heavy atom. The molecule has 0 heterocycles. The van der Waals surface area contributed by atoms with Crippen molar-refractivity contribution >= 4 is 17.9 Å². The van der Waals surface area contributed by atoms with Crippen molar-refractivity contribution in [1.29, 1.82) is 0 Å². The molecule has 0 radical (unpaired) electrons. The number of carbonyl (C=O) groups is 3. The van der Waals surface area contributed by atoms with Crippen LogP contribution in [0.1, 0.15) is 355 Å². The van der Waals surface area contributed by atoms with Gasteiger partial charge in [0, 0.05) is 19.3 Å². The summed E-state index contributed by atoms with van der Waals surface area (Å²) in [7, 11) is 0. The summed E-state index contributed by atoms with van der Waals surface area (Å²) in [5, 5.41) is 0. The smallest absolute Gasteiger partial charge is 0.306 e. The number of esters is 3. The normalized spacial score (nSPS) is 12.3. The third-order valence-corrected chi connectivity index (χ3v) is 14.8. The highest BCUT2D eigenvalue weighted by Gasteiger charge is 2.19. The number of unbranched alkanes of at least 4 members (excludes halogenated alkanes) is 42. The van der Waals surface area contributed by atoms with Crippen molar-refractivity contribution in [1.82, 2.24) is 0 Å². The van der Waals surface area contributed by atoms with E-state index in [1.807, 2.05) is 0 Å². The third-order valence-electron chi connectivity index (χ3n) is 14.8. The number of carbonyl (C=O) groups excluding carboxylic acids is 3. The maximum absolute atomic E-state index is 12.9. The monoisotopic (exact) mass is 1050 g/mol. The van der Waals surface area contributed by atoms with Gasteiger partial charge in [-0.15, -0.1) is 0 Å². The lowest BCUT2D eigenvalue weighted by atomic mass is 10.0. The number of allylic oxidation sites excluding steroid dienone is 8. The highest BCUT2D eigenvalue weighted by Crippen LogP contribution is 2.18. The maximum atomic E-state index is 12.9. The maximum Gasteiger partial charge on any atom is 0.306 e. The highest BCUT2D eigenvalue weighted by atomic mass is 16.6. The van der Waals surface area contributed by atoms with Crippen LogP contribution in [0.2, 0.25) is 0 Å². The highest BCUT2D eigenvalue weighted by molar-refractivity contribution is 5.71. The van der Waals surface area contributed by atoms with Crippen molar-refractivity contribution in [3.63, 3.8) is 0 Å². The summed E-state index contributed by atoms with van der Waals surface area (Å²) in [6.07, 6.45) is 80.0. The Labute approximate surface area is 467 Å². The number of hydrogen-bond acceptors (Lipinski definition) is 6. The third kappa shape index (κ3) is 62.1. The molecule has 75 heavy (non-hydrogen) atoms. The molecule has 0 aromatic rings. The van der Waals surface area contributed by atoms with E-state index in [1.54, 1.807) is 0 Å². The lowest BCUT2D eigenvalue weighted by Gasteiger charge is -2.18. The first kappa shape index (κ1) is 72.4. The van der Waals surface area contributed by atoms with Crippen molar-refractivity contribution in [3.8, 4) is 0 Å². The first-order chi connectivity index (χ1) is 37.0. The molecule has 0 aliphatic rings. The second kappa shape index (κ2) is 63.9. The molecule has 0 spiro atoms. The summed E-state index contributed by atoms with van der Waals surface area (Å²) < 4.78 is 16.9. The van der Waals surface area contributed by atoms with Crippen molar-refractivity contribution in [2.75, 3.05) is 13.2 Å². The van der Waals surface area contributed by atoms with E-state index >= 15 is 0 Å². The van der Waals surface area contributed by atoms with E-state index in [0.29, 0.717) is 19.3 Å². The summed E-state index contributed by atoms with van der Waals surface area (Å²) >= 11 is 0. The zero-order chi connectivity index (χ0) is 54.3. The predicted octanol–water partition coefficient (Wildman–Crippen LogP) is 22.6. The van der Waals surface area contributed by atoms with Gasteiger partial charge in [0.15, 0.2) is 6.10 Å². The van der Waals surface area contributed by atoms with Crippen LogP contribution < -0.4 is 0 Å². The molecule has 0 saturated heterocycles. The van der Waals surface area contributed by atoms with Crippen LogP contribution in [0, 0.1) is 0 Å². The van der Waals surface area contributed by atoms with E-state index in [-0.39, 0.29) is 31.1 Å². The zero-order valence-corrected chi connectivity index (χ0v) is 50.3. The second-order valence-corrected chi connectivity index (χ2v) is 22.4. The molecule has 0 aromatic heterocycles. The lowest BCUT2D eigenvalue weighted by Crippen LogP contribution is -2.30. The average Bonchev–Trinajstić information content (AvgIpc) is 3.41. The fraction of sp³-hybridized carbons (Fsp3) is 0.841. The molecule has 0 aromatic carbocycles. The lowest BCUT2D eigenvalue weighted by molar-refractivity contribution is -0.167. The fourth-order valence-corrected chi connectivity index (χ4v) is 9.81. The van der Waals surface area contributed by atoms with Gasteiger partial charge >= 0.3 is 17.9 Å². The van der Waals surface area contributed by atoms with Gasteiger partial charge in [0.2, 0.25) is 0 Å². The summed E-state index contributed by atoms with van der Waals surface area (Å²) in [6, 6.07) is 0. The van der Waals surface area contributed by atoms with Crippen molar-refractivity contribution in [2.45, 2.75) is 361 Å². The van der Waals surface area contributed by atoms with E-state index in [4.69, 9.17) is 14.2 Å². The molecule has 0 aliphatic carbocycles. The summed E-state index contributed by atoms with van der Waals surface area (Å²) in [5.41, 5.74) is 0.